The van der Waals surface area contributed by atoms with E-state index in [0.717, 1.165) is 24.8 Å². The quantitative estimate of drug-likeness (QED) is 0.0586. The number of carbonyl (C=O) groups is 8. The van der Waals surface area contributed by atoms with Crippen molar-refractivity contribution in [3.8, 4) is 0 Å². The van der Waals surface area contributed by atoms with E-state index in [1.165, 1.54) is 52.0 Å². The largest absolute Gasteiger partial charge is 0.456 e. The van der Waals surface area contributed by atoms with E-state index in [4.69, 9.17) is 33.2 Å². The van der Waals surface area contributed by atoms with Gasteiger partial charge in [0.05, 0.1) is 35.6 Å². The molecule has 0 unspecified atom stereocenters. The van der Waals surface area contributed by atoms with Crippen LogP contribution in [0.4, 0.5) is 9.59 Å². The molecule has 4 aliphatic rings. The number of hydrogen-bond donors (Lipinski definition) is 4. The van der Waals surface area contributed by atoms with Crippen molar-refractivity contribution in [2.45, 2.75) is 188 Å². The first-order valence-electron chi connectivity index (χ1n) is 24.8. The highest BCUT2D eigenvalue weighted by Gasteiger charge is 2.78. The highest BCUT2D eigenvalue weighted by molar-refractivity contribution is 5.96. The lowest BCUT2D eigenvalue weighted by molar-refractivity contribution is -0.346. The Hall–Kier alpha value is -5.96. The molecule has 3 amide bonds. The zero-order valence-corrected chi connectivity index (χ0v) is 44.9. The molecule has 5 rings (SSSR count). The molecule has 1 aromatic carbocycles. The first-order valence-corrected chi connectivity index (χ1v) is 24.8. The topological polar surface area (TPSA) is 277 Å². The van der Waals surface area contributed by atoms with Crippen molar-refractivity contribution in [1.82, 2.24) is 10.2 Å². The number of nitrogens with zero attached hydrogens (tertiary/aromatic N) is 1. The van der Waals surface area contributed by atoms with Crippen LogP contribution in [0.25, 0.3) is 0 Å². The lowest BCUT2D eigenvalue weighted by Gasteiger charge is -2.67. The van der Waals surface area contributed by atoms with E-state index in [1.54, 1.807) is 73.6 Å². The van der Waals surface area contributed by atoms with Crippen LogP contribution in [0.3, 0.4) is 0 Å². The van der Waals surface area contributed by atoms with Crippen molar-refractivity contribution in [2.24, 2.45) is 16.7 Å². The van der Waals surface area contributed by atoms with Crippen molar-refractivity contribution in [3.63, 3.8) is 0 Å². The van der Waals surface area contributed by atoms with Crippen molar-refractivity contribution in [2.75, 3.05) is 13.2 Å². The summed E-state index contributed by atoms with van der Waals surface area (Å²) in [5, 5.41) is 40.1. The highest BCUT2D eigenvalue weighted by atomic mass is 16.6. The van der Waals surface area contributed by atoms with Gasteiger partial charge in [-0.2, -0.15) is 0 Å². The number of fused-ring (bicyclic) bond motifs is 5. The summed E-state index contributed by atoms with van der Waals surface area (Å²) in [5.74, 6) is -7.21. The number of benzene rings is 1. The maximum atomic E-state index is 15.5. The van der Waals surface area contributed by atoms with Crippen LogP contribution in [0, 0.1) is 16.7 Å². The summed E-state index contributed by atoms with van der Waals surface area (Å²) in [7, 11) is 0. The van der Waals surface area contributed by atoms with Crippen LogP contribution in [-0.4, -0.2) is 146 Å². The molecular weight excluding hydrogens is 965 g/mol. The second-order valence-corrected chi connectivity index (χ2v) is 22.6. The maximum absolute atomic E-state index is 15.5. The van der Waals surface area contributed by atoms with Crippen molar-refractivity contribution in [3.05, 3.63) is 70.8 Å². The number of aliphatic hydroxyl groups excluding tert-OH is 2. The summed E-state index contributed by atoms with van der Waals surface area (Å²) in [6.45, 7) is 20.9. The predicted octanol–water partition coefficient (Wildman–Crippen LogP) is 5.52. The Balaban J connectivity index is 1.50. The molecule has 1 aromatic rings. The van der Waals surface area contributed by atoms with E-state index in [-0.39, 0.29) is 49.1 Å². The third-order valence-electron chi connectivity index (χ3n) is 14.1. The van der Waals surface area contributed by atoms with Gasteiger partial charge in [-0.3, -0.25) is 19.2 Å². The van der Waals surface area contributed by atoms with E-state index >= 15 is 4.79 Å². The summed E-state index contributed by atoms with van der Waals surface area (Å²) in [6, 6.07) is 6.35. The predicted molar refractivity (Wildman–Crippen MR) is 264 cm³/mol. The van der Waals surface area contributed by atoms with Crippen LogP contribution >= 0.6 is 0 Å². The molecule has 11 atom stereocenters. The SMILES string of the molecule is CC(=O)O[C@H]1C(=O)[C@@]2(C)[C@H]([C@H](OC(=O)c3ccccc3)[C@]3(O)C[C@H](OC(=O)[C@H](O)[C@H](C=C(C)C)NC(=O)/C=C/CCCN(C(=O)OC(C)(C)C)C(=O)OC(C)(C)C)C(C)=C1C3(C)C)[C@]1(OC(C)=O)CO[C@@H]1C[C@@H]2O. The highest BCUT2D eigenvalue weighted by Crippen LogP contribution is 2.64. The molecule has 408 valence electrons. The molecule has 74 heavy (non-hydrogen) atoms. The Morgan fingerprint density at radius 3 is 2.00 bits per heavy atom. The molecule has 0 radical (unpaired) electrons. The molecular formula is C54H74N2O18. The minimum absolute atomic E-state index is 0.0418. The number of allylic oxidation sites excluding steroid dienone is 2. The van der Waals surface area contributed by atoms with Gasteiger partial charge in [0.2, 0.25) is 5.91 Å². The molecule has 4 N–H and O–H groups in total. The number of aliphatic hydroxyl groups is 3. The number of ether oxygens (including phenoxy) is 7. The standard InChI is InChI=1S/C54H74N2O18/c1-29(2)25-34(55-38(60)23-19-16-20-24-56(47(65)73-49(6,7)8)48(66)74-50(9,10)11)40(61)46(64)70-35-27-54(67)44(71-45(63)33-21-17-15-18-22-33)42-52(14,36(59)26-37-53(42,28-68-37)72-32(5)58)43(62)41(69-31(4)57)39(30(35)3)51(54,12)13/h15,17-19,21-23,25,34-37,40-42,44,59,61,67H,16,20,24,26-28H2,1-14H3,(H,55,60)/b23-19+/t34-,35-,36-,37+,40+,41+,42-,44-,52+,53-,54+/m0/s1. The summed E-state index contributed by atoms with van der Waals surface area (Å²) in [5.41, 5.74) is -9.14. The van der Waals surface area contributed by atoms with E-state index in [2.05, 4.69) is 5.32 Å². The Morgan fingerprint density at radius 1 is 0.892 bits per heavy atom. The third kappa shape index (κ3) is 12.2. The number of amides is 3. The summed E-state index contributed by atoms with van der Waals surface area (Å²) in [6.07, 6.45) is -8.24. The summed E-state index contributed by atoms with van der Waals surface area (Å²) < 4.78 is 41.0. The fourth-order valence-electron chi connectivity index (χ4n) is 10.6. The molecule has 2 bridgehead atoms. The molecule has 3 fully saturated rings. The minimum atomic E-state index is -2.44. The second kappa shape index (κ2) is 22.1. The molecule has 0 spiro atoms. The number of esters is 4. The van der Waals surface area contributed by atoms with Gasteiger partial charge in [-0.1, -0.05) is 49.8 Å². The number of Topliss-reactive ketones (excluding diaryl/α,β-unsaturated/α-hetero) is 1. The van der Waals surface area contributed by atoms with Crippen LogP contribution in [0.5, 0.6) is 0 Å². The first kappa shape index (κ1) is 58.9. The number of imide groups is 1. The minimum Gasteiger partial charge on any atom is -0.456 e. The van der Waals surface area contributed by atoms with E-state index in [1.807, 2.05) is 0 Å². The molecule has 2 saturated carbocycles. The van der Waals surface area contributed by atoms with Gasteiger partial charge in [-0.15, -0.1) is 0 Å². The fraction of sp³-hybridized carbons (Fsp3) is 0.630. The van der Waals surface area contributed by atoms with Gasteiger partial charge in [0, 0.05) is 38.6 Å². The molecule has 20 nitrogen and oxygen atoms in total. The maximum Gasteiger partial charge on any atom is 0.419 e. The Kier molecular flexibility index (Phi) is 17.6. The number of carbonyl (C=O) groups excluding carboxylic acids is 8. The average Bonchev–Trinajstić information content (AvgIpc) is 3.26. The van der Waals surface area contributed by atoms with Gasteiger partial charge in [0.1, 0.15) is 35.1 Å². The number of rotatable bonds is 14. The zero-order valence-electron chi connectivity index (χ0n) is 44.9. The van der Waals surface area contributed by atoms with Crippen molar-refractivity contribution in [1.29, 1.82) is 0 Å². The van der Waals surface area contributed by atoms with Gasteiger partial charge in [-0.25, -0.2) is 24.1 Å². The fourth-order valence-corrected chi connectivity index (χ4v) is 10.6. The van der Waals surface area contributed by atoms with Crippen LogP contribution in [-0.2, 0) is 57.1 Å². The van der Waals surface area contributed by atoms with Gasteiger partial charge >= 0.3 is 36.1 Å². The smallest absolute Gasteiger partial charge is 0.419 e. The van der Waals surface area contributed by atoms with Crippen LogP contribution in [0.1, 0.15) is 133 Å². The number of ketones is 1. The lowest BCUT2D eigenvalue weighted by atomic mass is 9.44. The number of hydrogen-bond acceptors (Lipinski definition) is 18. The third-order valence-corrected chi connectivity index (χ3v) is 14.1. The molecule has 20 heteroatoms. The van der Waals surface area contributed by atoms with E-state index < -0.39 is 136 Å². The monoisotopic (exact) mass is 1040 g/mol. The van der Waals surface area contributed by atoms with Crippen molar-refractivity contribution < 1.29 is 86.8 Å². The van der Waals surface area contributed by atoms with E-state index in [9.17, 15) is 48.9 Å². The molecule has 1 saturated heterocycles. The normalized spacial score (nSPS) is 29.0. The Bertz CT molecular complexity index is 2420. The lowest BCUT2D eigenvalue weighted by Crippen LogP contribution is -2.82. The van der Waals surface area contributed by atoms with Crippen LogP contribution < -0.4 is 5.32 Å². The van der Waals surface area contributed by atoms with Crippen LogP contribution in [0.15, 0.2) is 65.3 Å². The van der Waals surface area contributed by atoms with Crippen LogP contribution in [0.2, 0.25) is 0 Å². The number of nitrogens with one attached hydrogen (secondary N) is 1. The van der Waals surface area contributed by atoms with Gasteiger partial charge in [-0.05, 0) is 111 Å². The Labute approximate surface area is 432 Å². The van der Waals surface area contributed by atoms with Gasteiger partial charge < -0.3 is 53.8 Å². The van der Waals surface area contributed by atoms with E-state index in [0.29, 0.717) is 5.57 Å². The Morgan fingerprint density at radius 2 is 1.49 bits per heavy atom. The van der Waals surface area contributed by atoms with Gasteiger partial charge in [0.15, 0.2) is 23.6 Å². The van der Waals surface area contributed by atoms with Crippen molar-refractivity contribution >= 4 is 47.8 Å². The first-order chi connectivity index (χ1) is 34.1. The molecule has 0 aromatic heterocycles. The molecule has 3 aliphatic carbocycles. The molecule has 1 aliphatic heterocycles. The van der Waals surface area contributed by atoms with Gasteiger partial charge in [0.25, 0.3) is 0 Å². The second-order valence-electron chi connectivity index (χ2n) is 22.6. The summed E-state index contributed by atoms with van der Waals surface area (Å²) >= 11 is 0. The number of unbranched alkanes of at least 4 members (excludes halogenated alkanes) is 1. The average molecular weight is 1040 g/mol. The summed E-state index contributed by atoms with van der Waals surface area (Å²) in [4.78, 5) is 110. The molecule has 1 heterocycles. The zero-order chi connectivity index (χ0) is 55.7.